The number of aryl methyl sites for hydroxylation is 1. The summed E-state index contributed by atoms with van der Waals surface area (Å²) in [5, 5.41) is 3.03. The number of carbonyl (C=O) groups excluding carboxylic acids is 1. The summed E-state index contributed by atoms with van der Waals surface area (Å²) in [6, 6.07) is 6.24. The molecule has 0 saturated carbocycles. The van der Waals surface area contributed by atoms with E-state index in [1.54, 1.807) is 0 Å². The van der Waals surface area contributed by atoms with E-state index in [1.165, 1.54) is 0 Å². The van der Waals surface area contributed by atoms with E-state index in [0.29, 0.717) is 13.2 Å². The second kappa shape index (κ2) is 3.74. The van der Waals surface area contributed by atoms with Crippen LogP contribution < -0.4 is 10.2 Å². The van der Waals surface area contributed by atoms with Gasteiger partial charge in [-0.1, -0.05) is 12.1 Å². The molecule has 2 heterocycles. The number of nitrogens with one attached hydrogen (secondary N) is 1. The Labute approximate surface area is 101 Å². The van der Waals surface area contributed by atoms with Crippen LogP contribution in [-0.2, 0) is 9.53 Å². The van der Waals surface area contributed by atoms with Gasteiger partial charge in [0.25, 0.3) is 0 Å². The maximum Gasteiger partial charge on any atom is 0.232 e. The van der Waals surface area contributed by atoms with E-state index < -0.39 is 0 Å². The fourth-order valence-electron chi connectivity index (χ4n) is 2.68. The molecule has 1 aromatic carbocycles. The summed E-state index contributed by atoms with van der Waals surface area (Å²) in [6.07, 6.45) is 0. The van der Waals surface area contributed by atoms with Gasteiger partial charge in [-0.2, -0.15) is 0 Å². The molecule has 0 spiro atoms. The molecule has 0 aromatic heterocycles. The van der Waals surface area contributed by atoms with Crippen molar-refractivity contribution < 1.29 is 9.53 Å². The number of likely N-dealkylation sites (N-methyl/N-ethyl adjacent to an activating group) is 1. The van der Waals surface area contributed by atoms with Gasteiger partial charge in [0, 0.05) is 7.05 Å². The summed E-state index contributed by atoms with van der Waals surface area (Å²) in [5.74, 6) is 0.0131. The average Bonchev–Trinajstić information content (AvgIpc) is 2.76. The zero-order chi connectivity index (χ0) is 12.0. The van der Waals surface area contributed by atoms with Crippen LogP contribution in [0, 0.1) is 12.8 Å². The van der Waals surface area contributed by atoms with Crippen molar-refractivity contribution in [1.82, 2.24) is 0 Å². The van der Waals surface area contributed by atoms with E-state index in [1.807, 2.05) is 32.2 Å². The Balaban J connectivity index is 2.12. The lowest BCUT2D eigenvalue weighted by Gasteiger charge is -2.27. The lowest BCUT2D eigenvalue weighted by Crippen LogP contribution is -2.40. The van der Waals surface area contributed by atoms with E-state index in [0.717, 1.165) is 16.9 Å². The van der Waals surface area contributed by atoms with Gasteiger partial charge in [0.15, 0.2) is 0 Å². The zero-order valence-electron chi connectivity index (χ0n) is 10.1. The average molecular weight is 232 g/mol. The van der Waals surface area contributed by atoms with Gasteiger partial charge in [-0.3, -0.25) is 4.79 Å². The summed E-state index contributed by atoms with van der Waals surface area (Å²) in [6.45, 7) is 3.17. The molecule has 0 bridgehead atoms. The number of fused-ring (bicyclic) bond motifs is 2. The maximum atomic E-state index is 12.1. The minimum atomic E-state index is -0.0631. The van der Waals surface area contributed by atoms with Crippen molar-refractivity contribution in [2.45, 2.75) is 13.0 Å². The first kappa shape index (κ1) is 10.6. The Kier molecular flexibility index (Phi) is 2.33. The number of anilines is 2. The van der Waals surface area contributed by atoms with Crippen LogP contribution >= 0.6 is 0 Å². The van der Waals surface area contributed by atoms with E-state index in [-0.39, 0.29) is 17.9 Å². The van der Waals surface area contributed by atoms with Crippen LogP contribution in [0.15, 0.2) is 18.2 Å². The highest BCUT2D eigenvalue weighted by Crippen LogP contribution is 2.36. The first-order valence-corrected chi connectivity index (χ1v) is 5.89. The predicted octanol–water partition coefficient (Wildman–Crippen LogP) is 1.40. The molecule has 2 aliphatic heterocycles. The number of hydrogen-bond donors (Lipinski definition) is 1. The van der Waals surface area contributed by atoms with Crippen molar-refractivity contribution >= 4 is 17.3 Å². The molecule has 2 aliphatic rings. The van der Waals surface area contributed by atoms with Crippen LogP contribution in [0.3, 0.4) is 0 Å². The fraction of sp³-hybridized carbons (Fsp3) is 0.462. The summed E-state index contributed by atoms with van der Waals surface area (Å²) in [4.78, 5) is 14.3. The second-order valence-corrected chi connectivity index (χ2v) is 4.78. The first-order valence-electron chi connectivity index (χ1n) is 5.89. The zero-order valence-corrected chi connectivity index (χ0v) is 10.1. The summed E-state index contributed by atoms with van der Waals surface area (Å²) >= 11 is 0. The minimum absolute atomic E-state index is 0.0631. The highest BCUT2D eigenvalue weighted by atomic mass is 16.5. The van der Waals surface area contributed by atoms with Crippen LogP contribution in [0.5, 0.6) is 0 Å². The van der Waals surface area contributed by atoms with Gasteiger partial charge in [-0.05, 0) is 18.6 Å². The number of ether oxygens (including phenoxy) is 1. The van der Waals surface area contributed by atoms with E-state index in [2.05, 4.69) is 10.2 Å². The number of amides is 1. The molecule has 1 saturated heterocycles. The quantitative estimate of drug-likeness (QED) is 0.735. The van der Waals surface area contributed by atoms with Gasteiger partial charge in [0.1, 0.15) is 0 Å². The van der Waals surface area contributed by atoms with Crippen molar-refractivity contribution in [3.05, 3.63) is 23.8 Å². The molecule has 90 valence electrons. The molecule has 1 fully saturated rings. The lowest BCUT2D eigenvalue weighted by atomic mass is 10.0. The Hall–Kier alpha value is -1.55. The standard InChI is InChI=1S/C13H16N2O2/c1-8-4-3-5-10-12(8)14-13(16)9-6-17-7-11(9)15(10)2/h3-5,9,11H,6-7H2,1-2H3,(H,14,16). The third-order valence-corrected chi connectivity index (χ3v) is 3.76. The third-order valence-electron chi connectivity index (χ3n) is 3.76. The van der Waals surface area contributed by atoms with Gasteiger partial charge in [-0.25, -0.2) is 0 Å². The van der Waals surface area contributed by atoms with Gasteiger partial charge in [-0.15, -0.1) is 0 Å². The molecule has 17 heavy (non-hydrogen) atoms. The van der Waals surface area contributed by atoms with Crippen molar-refractivity contribution in [1.29, 1.82) is 0 Å². The van der Waals surface area contributed by atoms with Crippen molar-refractivity contribution in [3.63, 3.8) is 0 Å². The maximum absolute atomic E-state index is 12.1. The van der Waals surface area contributed by atoms with Crippen molar-refractivity contribution in [2.24, 2.45) is 5.92 Å². The Morgan fingerprint density at radius 1 is 1.41 bits per heavy atom. The molecule has 4 nitrogen and oxygen atoms in total. The number of hydrogen-bond acceptors (Lipinski definition) is 3. The molecule has 0 aliphatic carbocycles. The predicted molar refractivity (Wildman–Crippen MR) is 66.3 cm³/mol. The topological polar surface area (TPSA) is 41.6 Å². The molecule has 1 aromatic rings. The van der Waals surface area contributed by atoms with E-state index >= 15 is 0 Å². The Morgan fingerprint density at radius 2 is 2.24 bits per heavy atom. The molecule has 2 unspecified atom stereocenters. The van der Waals surface area contributed by atoms with Crippen LogP contribution in [0.4, 0.5) is 11.4 Å². The highest BCUT2D eigenvalue weighted by Gasteiger charge is 2.40. The molecule has 4 heteroatoms. The fourth-order valence-corrected chi connectivity index (χ4v) is 2.68. The molecular formula is C13H16N2O2. The van der Waals surface area contributed by atoms with Crippen LogP contribution in [0.2, 0.25) is 0 Å². The third kappa shape index (κ3) is 1.52. The number of nitrogens with zero attached hydrogens (tertiary/aromatic N) is 1. The first-order chi connectivity index (χ1) is 8.18. The molecule has 2 atom stereocenters. The lowest BCUT2D eigenvalue weighted by molar-refractivity contribution is -0.120. The summed E-state index contributed by atoms with van der Waals surface area (Å²) in [7, 11) is 2.03. The van der Waals surface area contributed by atoms with E-state index in [4.69, 9.17) is 4.74 Å². The largest absolute Gasteiger partial charge is 0.378 e. The summed E-state index contributed by atoms with van der Waals surface area (Å²) in [5.41, 5.74) is 3.12. The van der Waals surface area contributed by atoms with Crippen molar-refractivity contribution in [2.75, 3.05) is 30.5 Å². The molecule has 0 radical (unpaired) electrons. The number of benzene rings is 1. The van der Waals surface area contributed by atoms with Crippen molar-refractivity contribution in [3.8, 4) is 0 Å². The molecular weight excluding hydrogens is 216 g/mol. The monoisotopic (exact) mass is 232 g/mol. The second-order valence-electron chi connectivity index (χ2n) is 4.78. The van der Waals surface area contributed by atoms with E-state index in [9.17, 15) is 4.79 Å². The molecule has 3 rings (SSSR count). The van der Waals surface area contributed by atoms with Crippen LogP contribution in [-0.4, -0.2) is 32.2 Å². The smallest absolute Gasteiger partial charge is 0.232 e. The Morgan fingerprint density at radius 3 is 3.06 bits per heavy atom. The van der Waals surface area contributed by atoms with Crippen LogP contribution in [0.25, 0.3) is 0 Å². The molecule has 1 amide bonds. The molecule has 1 N–H and O–H groups in total. The van der Waals surface area contributed by atoms with Crippen LogP contribution in [0.1, 0.15) is 5.56 Å². The van der Waals surface area contributed by atoms with Gasteiger partial charge < -0.3 is 15.0 Å². The SMILES string of the molecule is Cc1cccc2c1NC(=O)C1COCC1N2C. The number of rotatable bonds is 0. The highest BCUT2D eigenvalue weighted by molar-refractivity contribution is 5.99. The van der Waals surface area contributed by atoms with Gasteiger partial charge in [0.2, 0.25) is 5.91 Å². The Bertz CT molecular complexity index is 472. The minimum Gasteiger partial charge on any atom is -0.378 e. The van der Waals surface area contributed by atoms with Gasteiger partial charge >= 0.3 is 0 Å². The normalized spacial score (nSPS) is 27.2. The van der Waals surface area contributed by atoms with Gasteiger partial charge in [0.05, 0.1) is 36.5 Å². The summed E-state index contributed by atoms with van der Waals surface area (Å²) < 4.78 is 5.43. The number of carbonyl (C=O) groups is 1. The number of para-hydroxylation sites is 1.